The summed E-state index contributed by atoms with van der Waals surface area (Å²) in [5, 5.41) is 18.6. The van der Waals surface area contributed by atoms with Crippen LogP contribution in [0.15, 0.2) is 4.52 Å². The third-order valence-corrected chi connectivity index (χ3v) is 3.18. The Morgan fingerprint density at radius 1 is 1.70 bits per heavy atom. The lowest BCUT2D eigenvalue weighted by Gasteiger charge is -2.15. The number of hydrogen-bond acceptors (Lipinski definition) is 7. The number of ether oxygens (including phenoxy) is 1. The van der Waals surface area contributed by atoms with Gasteiger partial charge in [0.15, 0.2) is 0 Å². The average Bonchev–Trinajstić information content (AvgIpc) is 3.10. The summed E-state index contributed by atoms with van der Waals surface area (Å²) < 4.78 is 10.1. The standard InChI is InChI=1S/C12H20N4O4/c1-19-7-8(4-6-17)14-11(18)10-15-12(20-16-10)9-3-2-5-13-9/h8-9,13,17H,2-7H2,1H3,(H,14,18). The molecule has 2 atom stereocenters. The molecule has 1 aliphatic heterocycles. The monoisotopic (exact) mass is 284 g/mol. The fraction of sp³-hybridized carbons (Fsp3) is 0.750. The Balaban J connectivity index is 1.94. The second-order valence-electron chi connectivity index (χ2n) is 4.74. The molecule has 1 saturated heterocycles. The van der Waals surface area contributed by atoms with Crippen molar-refractivity contribution in [2.75, 3.05) is 26.9 Å². The van der Waals surface area contributed by atoms with Crippen LogP contribution in [0.25, 0.3) is 0 Å². The van der Waals surface area contributed by atoms with Gasteiger partial charge in [0, 0.05) is 13.7 Å². The maximum atomic E-state index is 12.0. The summed E-state index contributed by atoms with van der Waals surface area (Å²) in [4.78, 5) is 16.1. The third-order valence-electron chi connectivity index (χ3n) is 3.18. The topological polar surface area (TPSA) is 110 Å². The van der Waals surface area contributed by atoms with Crippen LogP contribution in [-0.4, -0.2) is 54.1 Å². The smallest absolute Gasteiger partial charge is 0.292 e. The molecule has 0 radical (unpaired) electrons. The van der Waals surface area contributed by atoms with E-state index in [2.05, 4.69) is 20.8 Å². The Bertz CT molecular complexity index is 425. The Kier molecular flexibility index (Phi) is 5.45. The van der Waals surface area contributed by atoms with Crippen LogP contribution in [0.2, 0.25) is 0 Å². The van der Waals surface area contributed by atoms with Crippen LogP contribution >= 0.6 is 0 Å². The first-order valence-electron chi connectivity index (χ1n) is 6.72. The molecular weight excluding hydrogens is 264 g/mol. The minimum Gasteiger partial charge on any atom is -0.396 e. The van der Waals surface area contributed by atoms with Crippen molar-refractivity contribution in [3.05, 3.63) is 11.7 Å². The van der Waals surface area contributed by atoms with Crippen molar-refractivity contribution < 1.29 is 19.2 Å². The van der Waals surface area contributed by atoms with E-state index >= 15 is 0 Å². The highest BCUT2D eigenvalue weighted by molar-refractivity contribution is 5.90. The second-order valence-corrected chi connectivity index (χ2v) is 4.74. The van der Waals surface area contributed by atoms with E-state index in [9.17, 15) is 4.79 Å². The van der Waals surface area contributed by atoms with Gasteiger partial charge in [0.1, 0.15) is 0 Å². The largest absolute Gasteiger partial charge is 0.396 e. The van der Waals surface area contributed by atoms with Gasteiger partial charge in [0.05, 0.1) is 18.7 Å². The van der Waals surface area contributed by atoms with Crippen molar-refractivity contribution in [1.29, 1.82) is 0 Å². The minimum absolute atomic E-state index is 0.00717. The molecule has 1 amide bonds. The Morgan fingerprint density at radius 3 is 3.20 bits per heavy atom. The molecule has 8 nitrogen and oxygen atoms in total. The van der Waals surface area contributed by atoms with Gasteiger partial charge in [0.2, 0.25) is 5.89 Å². The maximum Gasteiger partial charge on any atom is 0.292 e. The lowest BCUT2D eigenvalue weighted by molar-refractivity contribution is 0.0865. The molecule has 1 aromatic rings. The first kappa shape index (κ1) is 14.9. The van der Waals surface area contributed by atoms with Crippen molar-refractivity contribution in [3.63, 3.8) is 0 Å². The molecule has 2 unspecified atom stereocenters. The Hall–Kier alpha value is -1.51. The number of carbonyl (C=O) groups is 1. The minimum atomic E-state index is -0.423. The maximum absolute atomic E-state index is 12.0. The van der Waals surface area contributed by atoms with Gasteiger partial charge in [-0.25, -0.2) is 0 Å². The number of carbonyl (C=O) groups excluding carboxylic acids is 1. The molecule has 0 aliphatic carbocycles. The molecule has 0 saturated carbocycles. The van der Waals surface area contributed by atoms with Gasteiger partial charge in [-0.15, -0.1) is 0 Å². The number of rotatable bonds is 7. The molecule has 3 N–H and O–H groups in total. The molecule has 0 aromatic carbocycles. The number of hydrogen-bond donors (Lipinski definition) is 3. The van der Waals surface area contributed by atoms with Crippen molar-refractivity contribution in [3.8, 4) is 0 Å². The average molecular weight is 284 g/mol. The molecule has 1 fully saturated rings. The molecule has 2 heterocycles. The van der Waals surface area contributed by atoms with Gasteiger partial charge >= 0.3 is 0 Å². The zero-order valence-electron chi connectivity index (χ0n) is 11.5. The summed E-state index contributed by atoms with van der Waals surface area (Å²) in [6.45, 7) is 1.21. The second kappa shape index (κ2) is 7.32. The molecule has 0 bridgehead atoms. The first-order valence-corrected chi connectivity index (χ1v) is 6.72. The molecule has 2 rings (SSSR count). The molecular formula is C12H20N4O4. The fourth-order valence-corrected chi connectivity index (χ4v) is 2.17. The van der Waals surface area contributed by atoms with E-state index in [1.165, 1.54) is 7.11 Å². The summed E-state index contributed by atoms with van der Waals surface area (Å²) in [6.07, 6.45) is 2.40. The first-order chi connectivity index (χ1) is 9.74. The van der Waals surface area contributed by atoms with E-state index in [0.717, 1.165) is 19.4 Å². The number of aliphatic hydroxyl groups excluding tert-OH is 1. The third kappa shape index (κ3) is 3.75. The van der Waals surface area contributed by atoms with Gasteiger partial charge in [-0.2, -0.15) is 4.98 Å². The number of nitrogens with zero attached hydrogens (tertiary/aromatic N) is 2. The fourth-order valence-electron chi connectivity index (χ4n) is 2.17. The Labute approximate surface area is 116 Å². The number of methoxy groups -OCH3 is 1. The number of aromatic nitrogens is 2. The quantitative estimate of drug-likeness (QED) is 0.626. The number of amides is 1. The van der Waals surface area contributed by atoms with E-state index in [0.29, 0.717) is 18.9 Å². The molecule has 0 spiro atoms. The van der Waals surface area contributed by atoms with E-state index in [-0.39, 0.29) is 24.5 Å². The molecule has 8 heteroatoms. The van der Waals surface area contributed by atoms with Crippen LogP contribution in [0.1, 0.15) is 41.8 Å². The van der Waals surface area contributed by atoms with Crippen molar-refractivity contribution in [1.82, 2.24) is 20.8 Å². The highest BCUT2D eigenvalue weighted by atomic mass is 16.5. The highest BCUT2D eigenvalue weighted by Crippen LogP contribution is 2.20. The summed E-state index contributed by atoms with van der Waals surface area (Å²) in [5.41, 5.74) is 0. The van der Waals surface area contributed by atoms with Gasteiger partial charge in [-0.3, -0.25) is 4.79 Å². The SMILES string of the molecule is COCC(CCO)NC(=O)c1noc(C2CCCN2)n1. The highest BCUT2D eigenvalue weighted by Gasteiger charge is 2.25. The summed E-state index contributed by atoms with van der Waals surface area (Å²) in [6, 6.07) is -0.236. The summed E-state index contributed by atoms with van der Waals surface area (Å²) in [7, 11) is 1.54. The van der Waals surface area contributed by atoms with E-state index in [1.807, 2.05) is 0 Å². The van der Waals surface area contributed by atoms with Crippen molar-refractivity contribution in [2.24, 2.45) is 0 Å². The molecule has 20 heavy (non-hydrogen) atoms. The van der Waals surface area contributed by atoms with Crippen molar-refractivity contribution in [2.45, 2.75) is 31.3 Å². The van der Waals surface area contributed by atoms with E-state index < -0.39 is 5.91 Å². The normalized spacial score (nSPS) is 20.0. The molecule has 1 aliphatic rings. The Morgan fingerprint density at radius 2 is 2.55 bits per heavy atom. The number of aliphatic hydroxyl groups is 1. The summed E-state index contributed by atoms with van der Waals surface area (Å²) in [5.74, 6) is 0.0272. The van der Waals surface area contributed by atoms with E-state index in [1.54, 1.807) is 0 Å². The van der Waals surface area contributed by atoms with Gasteiger partial charge in [-0.05, 0) is 25.8 Å². The molecule has 112 valence electrons. The van der Waals surface area contributed by atoms with Gasteiger partial charge < -0.3 is 25.0 Å². The van der Waals surface area contributed by atoms with Crippen LogP contribution < -0.4 is 10.6 Å². The number of nitrogens with one attached hydrogen (secondary N) is 2. The summed E-state index contributed by atoms with van der Waals surface area (Å²) >= 11 is 0. The van der Waals surface area contributed by atoms with Crippen molar-refractivity contribution >= 4 is 5.91 Å². The van der Waals surface area contributed by atoms with Crippen LogP contribution in [0.5, 0.6) is 0 Å². The predicted octanol–water partition coefficient (Wildman–Crippen LogP) is -0.379. The lowest BCUT2D eigenvalue weighted by atomic mass is 10.2. The predicted molar refractivity (Wildman–Crippen MR) is 69.1 cm³/mol. The lowest BCUT2D eigenvalue weighted by Crippen LogP contribution is -2.39. The van der Waals surface area contributed by atoms with Crippen LogP contribution in [-0.2, 0) is 4.74 Å². The zero-order chi connectivity index (χ0) is 14.4. The molecule has 1 aromatic heterocycles. The van der Waals surface area contributed by atoms with Gasteiger partial charge in [-0.1, -0.05) is 5.16 Å². The van der Waals surface area contributed by atoms with Crippen LogP contribution in [0.4, 0.5) is 0 Å². The zero-order valence-corrected chi connectivity index (χ0v) is 11.5. The van der Waals surface area contributed by atoms with Gasteiger partial charge in [0.25, 0.3) is 11.7 Å². The van der Waals surface area contributed by atoms with Crippen LogP contribution in [0.3, 0.4) is 0 Å². The van der Waals surface area contributed by atoms with Crippen LogP contribution in [0, 0.1) is 0 Å². The van der Waals surface area contributed by atoms with E-state index in [4.69, 9.17) is 14.4 Å².